The summed E-state index contributed by atoms with van der Waals surface area (Å²) in [5.41, 5.74) is 0.0460. The molecule has 0 aromatic rings. The lowest BCUT2D eigenvalue weighted by atomic mass is 9.87. The van der Waals surface area contributed by atoms with Gasteiger partial charge in [-0.25, -0.2) is 4.39 Å². The summed E-state index contributed by atoms with van der Waals surface area (Å²) >= 11 is 0. The molecule has 0 aromatic carbocycles. The molecule has 0 radical (unpaired) electrons. The first kappa shape index (κ1) is 7.53. The monoisotopic (exact) mass is 157 g/mol. The zero-order chi connectivity index (χ0) is 8.11. The minimum atomic E-state index is -0.627. The highest BCUT2D eigenvalue weighted by Crippen LogP contribution is 2.43. The number of hydrogen-bond acceptors (Lipinski definition) is 1. The second-order valence-electron chi connectivity index (χ2n) is 4.61. The molecule has 3 atom stereocenters. The Balaban J connectivity index is 2.23. The maximum Gasteiger partial charge on any atom is 0.118 e. The quantitative estimate of drug-likeness (QED) is 0.567. The van der Waals surface area contributed by atoms with Crippen LogP contribution in [-0.4, -0.2) is 17.2 Å². The third-order valence-corrected chi connectivity index (χ3v) is 3.42. The summed E-state index contributed by atoms with van der Waals surface area (Å²) in [6.45, 7) is 4.23. The Morgan fingerprint density at radius 2 is 2.00 bits per heavy atom. The van der Waals surface area contributed by atoms with Gasteiger partial charge in [0.2, 0.25) is 0 Å². The van der Waals surface area contributed by atoms with E-state index in [2.05, 4.69) is 12.2 Å². The second-order valence-corrected chi connectivity index (χ2v) is 4.61. The van der Waals surface area contributed by atoms with Crippen LogP contribution in [0.3, 0.4) is 0 Å². The number of piperidine rings is 1. The fraction of sp³-hybridized carbons (Fsp3) is 1.00. The molecule has 0 saturated carbocycles. The van der Waals surface area contributed by atoms with Crippen molar-refractivity contribution in [3.63, 3.8) is 0 Å². The van der Waals surface area contributed by atoms with E-state index >= 15 is 0 Å². The fourth-order valence-electron chi connectivity index (χ4n) is 2.54. The van der Waals surface area contributed by atoms with E-state index in [1.165, 1.54) is 0 Å². The zero-order valence-electron chi connectivity index (χ0n) is 7.28. The zero-order valence-corrected chi connectivity index (χ0v) is 7.28. The van der Waals surface area contributed by atoms with E-state index in [1.807, 2.05) is 6.92 Å². The number of hydrogen-bond donors (Lipinski definition) is 1. The molecule has 2 bridgehead atoms. The van der Waals surface area contributed by atoms with Crippen LogP contribution >= 0.6 is 0 Å². The summed E-state index contributed by atoms with van der Waals surface area (Å²) in [5, 5.41) is 3.42. The van der Waals surface area contributed by atoms with E-state index < -0.39 is 6.17 Å². The van der Waals surface area contributed by atoms with Crippen molar-refractivity contribution in [3.05, 3.63) is 0 Å². The Morgan fingerprint density at radius 3 is 2.64 bits per heavy atom. The Bertz CT molecular complexity index is 178. The number of alkyl halides is 1. The van der Waals surface area contributed by atoms with Crippen molar-refractivity contribution in [1.29, 1.82) is 0 Å². The van der Waals surface area contributed by atoms with Crippen molar-refractivity contribution in [2.24, 2.45) is 0 Å². The predicted molar refractivity (Wildman–Crippen MR) is 43.3 cm³/mol. The molecule has 0 spiro atoms. The van der Waals surface area contributed by atoms with Gasteiger partial charge in [-0.1, -0.05) is 0 Å². The maximum atomic E-state index is 13.4. The van der Waals surface area contributed by atoms with Crippen LogP contribution in [0.1, 0.15) is 39.5 Å². The van der Waals surface area contributed by atoms with Gasteiger partial charge in [0.1, 0.15) is 6.17 Å². The highest BCUT2D eigenvalue weighted by atomic mass is 19.1. The largest absolute Gasteiger partial charge is 0.304 e. The molecule has 0 unspecified atom stereocenters. The summed E-state index contributed by atoms with van der Waals surface area (Å²) in [5.74, 6) is 0. The van der Waals surface area contributed by atoms with E-state index in [-0.39, 0.29) is 11.1 Å². The first-order valence-electron chi connectivity index (χ1n) is 4.48. The average Bonchev–Trinajstić information content (AvgIpc) is 2.20. The Kier molecular flexibility index (Phi) is 1.35. The summed E-state index contributed by atoms with van der Waals surface area (Å²) in [4.78, 5) is 0. The van der Waals surface area contributed by atoms with Crippen LogP contribution in [0.15, 0.2) is 0 Å². The summed E-state index contributed by atoms with van der Waals surface area (Å²) in [6, 6.07) is 0. The van der Waals surface area contributed by atoms with E-state index in [0.29, 0.717) is 0 Å². The molecular formula is C9H16FN. The van der Waals surface area contributed by atoms with Gasteiger partial charge in [-0.15, -0.1) is 0 Å². The van der Waals surface area contributed by atoms with E-state index in [0.717, 1.165) is 25.7 Å². The molecule has 11 heavy (non-hydrogen) atoms. The third kappa shape index (κ3) is 0.994. The lowest BCUT2D eigenvalue weighted by Gasteiger charge is -2.39. The van der Waals surface area contributed by atoms with Crippen LogP contribution in [0.25, 0.3) is 0 Å². The number of halogens is 1. The summed E-state index contributed by atoms with van der Waals surface area (Å²) < 4.78 is 13.4. The number of rotatable bonds is 0. The topological polar surface area (TPSA) is 12.0 Å². The minimum absolute atomic E-state index is 0.201. The van der Waals surface area contributed by atoms with Gasteiger partial charge >= 0.3 is 0 Å². The molecule has 2 fully saturated rings. The molecule has 1 N–H and O–H groups in total. The van der Waals surface area contributed by atoms with Gasteiger partial charge < -0.3 is 5.32 Å². The Labute approximate surface area is 67.4 Å². The molecule has 0 amide bonds. The van der Waals surface area contributed by atoms with Crippen molar-refractivity contribution in [3.8, 4) is 0 Å². The summed E-state index contributed by atoms with van der Waals surface area (Å²) in [7, 11) is 0. The second kappa shape index (κ2) is 1.98. The lowest BCUT2D eigenvalue weighted by Crippen LogP contribution is -2.56. The van der Waals surface area contributed by atoms with Crippen LogP contribution in [0.4, 0.5) is 4.39 Å². The maximum absolute atomic E-state index is 13.4. The summed E-state index contributed by atoms with van der Waals surface area (Å²) in [6.07, 6.45) is 3.27. The first-order chi connectivity index (χ1) is 5.04. The smallest absolute Gasteiger partial charge is 0.118 e. The third-order valence-electron chi connectivity index (χ3n) is 3.42. The van der Waals surface area contributed by atoms with E-state index in [1.54, 1.807) is 0 Å². The van der Waals surface area contributed by atoms with E-state index in [9.17, 15) is 4.39 Å². The van der Waals surface area contributed by atoms with Crippen LogP contribution in [0, 0.1) is 0 Å². The molecule has 2 aliphatic rings. The van der Waals surface area contributed by atoms with Crippen LogP contribution < -0.4 is 5.32 Å². The fourth-order valence-corrected chi connectivity index (χ4v) is 2.54. The standard InChI is InChI=1S/C9H16FN/c1-8-4-3-7(10)9(2,11-8)6-5-8/h7,11H,3-6H2,1-2H3/t7-,8+,9+/m1/s1. The van der Waals surface area contributed by atoms with Crippen molar-refractivity contribution in [2.45, 2.75) is 56.8 Å². The van der Waals surface area contributed by atoms with Crippen LogP contribution in [0.2, 0.25) is 0 Å². The molecule has 2 rings (SSSR count). The van der Waals surface area contributed by atoms with Crippen LogP contribution in [0.5, 0.6) is 0 Å². The van der Waals surface area contributed by atoms with Crippen LogP contribution in [-0.2, 0) is 0 Å². The molecule has 2 heterocycles. The minimum Gasteiger partial charge on any atom is -0.304 e. The van der Waals surface area contributed by atoms with Gasteiger partial charge in [0, 0.05) is 11.1 Å². The molecule has 64 valence electrons. The molecule has 2 saturated heterocycles. The molecule has 0 aliphatic carbocycles. The van der Waals surface area contributed by atoms with Crippen molar-refractivity contribution >= 4 is 0 Å². The van der Waals surface area contributed by atoms with Gasteiger partial charge in [-0.3, -0.25) is 0 Å². The molecule has 1 nitrogen and oxygen atoms in total. The van der Waals surface area contributed by atoms with Gasteiger partial charge in [-0.2, -0.15) is 0 Å². The predicted octanol–water partition coefficient (Wildman–Crippen LogP) is 2.02. The Morgan fingerprint density at radius 1 is 1.27 bits per heavy atom. The highest BCUT2D eigenvalue weighted by Gasteiger charge is 2.50. The molecule has 2 aliphatic heterocycles. The highest BCUT2D eigenvalue weighted by molar-refractivity contribution is 5.09. The van der Waals surface area contributed by atoms with Gasteiger partial charge in [-0.05, 0) is 39.5 Å². The van der Waals surface area contributed by atoms with E-state index in [4.69, 9.17) is 0 Å². The van der Waals surface area contributed by atoms with Crippen molar-refractivity contribution < 1.29 is 4.39 Å². The molecule has 2 heteroatoms. The van der Waals surface area contributed by atoms with Crippen molar-refractivity contribution in [2.75, 3.05) is 0 Å². The first-order valence-corrected chi connectivity index (χ1v) is 4.48. The van der Waals surface area contributed by atoms with Gasteiger partial charge in [0.25, 0.3) is 0 Å². The average molecular weight is 157 g/mol. The molecule has 0 aromatic heterocycles. The lowest BCUT2D eigenvalue weighted by molar-refractivity contribution is 0.110. The van der Waals surface area contributed by atoms with Gasteiger partial charge in [0.15, 0.2) is 0 Å². The normalized spacial score (nSPS) is 56.5. The number of fused-ring (bicyclic) bond motifs is 2. The number of nitrogens with one attached hydrogen (secondary N) is 1. The Hall–Kier alpha value is -0.110. The molecular weight excluding hydrogens is 141 g/mol. The SMILES string of the molecule is C[C@]12CC[C@@H](F)[C@](C)(CC1)N2. The van der Waals surface area contributed by atoms with Gasteiger partial charge in [0.05, 0.1) is 0 Å². The van der Waals surface area contributed by atoms with Crippen molar-refractivity contribution in [1.82, 2.24) is 5.32 Å².